The first kappa shape index (κ1) is 19.5. The Morgan fingerprint density at radius 1 is 1.38 bits per heavy atom. The Labute approximate surface area is 147 Å². The molecule has 138 valence electrons. The molecular weight excluding hydrogens is 300 g/mol. The molecule has 24 heavy (non-hydrogen) atoms. The van der Waals surface area contributed by atoms with Gasteiger partial charge in [-0.1, -0.05) is 38.8 Å². The van der Waals surface area contributed by atoms with E-state index in [1.165, 1.54) is 12.0 Å². The van der Waals surface area contributed by atoms with Crippen LogP contribution < -0.4 is 0 Å². The highest BCUT2D eigenvalue weighted by molar-refractivity contribution is 5.75. The fourth-order valence-corrected chi connectivity index (χ4v) is 5.65. The van der Waals surface area contributed by atoms with Crippen molar-refractivity contribution in [1.29, 1.82) is 0 Å². The number of aliphatic carboxylic acids is 1. The maximum Gasteiger partial charge on any atom is 0.309 e. The van der Waals surface area contributed by atoms with Crippen molar-refractivity contribution in [2.75, 3.05) is 13.7 Å². The van der Waals surface area contributed by atoms with Gasteiger partial charge in [0.05, 0.1) is 5.41 Å². The molecule has 2 aliphatic rings. The summed E-state index contributed by atoms with van der Waals surface area (Å²) in [5.41, 5.74) is 0.900. The molecule has 0 unspecified atom stereocenters. The molecule has 3 nitrogen and oxygen atoms in total. The highest BCUT2D eigenvalue weighted by atomic mass is 16.5. The zero-order chi connectivity index (χ0) is 18.0. The minimum Gasteiger partial charge on any atom is -0.481 e. The lowest BCUT2D eigenvalue weighted by atomic mass is 9.46. The minimum atomic E-state index is -0.599. The van der Waals surface area contributed by atoms with Crippen molar-refractivity contribution in [3.63, 3.8) is 0 Å². The van der Waals surface area contributed by atoms with Crippen molar-refractivity contribution in [3.05, 3.63) is 12.2 Å². The van der Waals surface area contributed by atoms with E-state index in [1.54, 1.807) is 7.11 Å². The molecule has 0 aliphatic heterocycles. The molecule has 2 fully saturated rings. The predicted octanol–water partition coefficient (Wildman–Crippen LogP) is 5.30. The SMILES string of the molecule is C=C1CC[C@H]2[C@@](C)(CCC[C@@]2(C)C(=O)O)[C@H]1CC[C@H](C)CCOC. The topological polar surface area (TPSA) is 46.5 Å². The Morgan fingerprint density at radius 3 is 2.71 bits per heavy atom. The van der Waals surface area contributed by atoms with Crippen LogP contribution in [0.15, 0.2) is 12.2 Å². The summed E-state index contributed by atoms with van der Waals surface area (Å²) < 4.78 is 5.20. The molecule has 2 saturated carbocycles. The van der Waals surface area contributed by atoms with Crippen molar-refractivity contribution < 1.29 is 14.6 Å². The van der Waals surface area contributed by atoms with Crippen LogP contribution in [0.1, 0.15) is 72.1 Å². The predicted molar refractivity (Wildman–Crippen MR) is 97.9 cm³/mol. The number of hydrogen-bond donors (Lipinski definition) is 1. The number of allylic oxidation sites excluding steroid dienone is 1. The van der Waals surface area contributed by atoms with Crippen LogP contribution in [0.25, 0.3) is 0 Å². The van der Waals surface area contributed by atoms with Gasteiger partial charge in [0.2, 0.25) is 0 Å². The average molecular weight is 337 g/mol. The van der Waals surface area contributed by atoms with Crippen LogP contribution >= 0.6 is 0 Å². The Balaban J connectivity index is 2.15. The number of carbonyl (C=O) groups is 1. The van der Waals surface area contributed by atoms with Crippen molar-refractivity contribution >= 4 is 5.97 Å². The van der Waals surface area contributed by atoms with Crippen LogP contribution in [0.3, 0.4) is 0 Å². The van der Waals surface area contributed by atoms with Crippen LogP contribution in [-0.2, 0) is 9.53 Å². The molecule has 0 aromatic rings. The second kappa shape index (κ2) is 7.59. The lowest BCUT2D eigenvalue weighted by Crippen LogP contribution is -2.53. The summed E-state index contributed by atoms with van der Waals surface area (Å²) in [6, 6.07) is 0. The van der Waals surface area contributed by atoms with Gasteiger partial charge in [0.1, 0.15) is 0 Å². The first-order valence-electron chi connectivity index (χ1n) is 9.65. The van der Waals surface area contributed by atoms with Gasteiger partial charge in [-0.15, -0.1) is 0 Å². The second-order valence-electron chi connectivity index (χ2n) is 8.85. The van der Waals surface area contributed by atoms with Gasteiger partial charge < -0.3 is 9.84 Å². The van der Waals surface area contributed by atoms with E-state index in [0.717, 1.165) is 51.6 Å². The van der Waals surface area contributed by atoms with Crippen LogP contribution in [0, 0.1) is 28.6 Å². The van der Waals surface area contributed by atoms with Gasteiger partial charge in [0, 0.05) is 13.7 Å². The van der Waals surface area contributed by atoms with E-state index in [-0.39, 0.29) is 11.3 Å². The normalized spacial score (nSPS) is 37.8. The largest absolute Gasteiger partial charge is 0.481 e. The Bertz CT molecular complexity index is 472. The first-order chi connectivity index (χ1) is 11.3. The van der Waals surface area contributed by atoms with E-state index < -0.39 is 11.4 Å². The van der Waals surface area contributed by atoms with Crippen molar-refractivity contribution in [3.8, 4) is 0 Å². The fraction of sp³-hybridized carbons (Fsp3) is 0.857. The lowest BCUT2D eigenvalue weighted by molar-refractivity contribution is -0.164. The zero-order valence-electron chi connectivity index (χ0n) is 16.1. The van der Waals surface area contributed by atoms with Gasteiger partial charge in [-0.3, -0.25) is 4.79 Å². The smallest absolute Gasteiger partial charge is 0.309 e. The molecule has 0 heterocycles. The van der Waals surface area contributed by atoms with E-state index in [9.17, 15) is 9.90 Å². The maximum absolute atomic E-state index is 12.0. The standard InChI is InChI=1S/C21H36O3/c1-15(11-14-24-5)7-9-17-16(2)8-10-18-20(17,3)12-6-13-21(18,4)19(22)23/h15,17-18H,2,6-14H2,1,3-5H3,(H,22,23)/t15-,17-,18-,20-,21+/m0/s1. The summed E-state index contributed by atoms with van der Waals surface area (Å²) in [5, 5.41) is 9.88. The highest BCUT2D eigenvalue weighted by Crippen LogP contribution is 2.62. The zero-order valence-corrected chi connectivity index (χ0v) is 16.1. The average Bonchev–Trinajstić information content (AvgIpc) is 2.51. The molecule has 0 aromatic heterocycles. The van der Waals surface area contributed by atoms with Crippen LogP contribution in [0.5, 0.6) is 0 Å². The van der Waals surface area contributed by atoms with Crippen LogP contribution in [-0.4, -0.2) is 24.8 Å². The van der Waals surface area contributed by atoms with E-state index in [4.69, 9.17) is 4.74 Å². The number of hydrogen-bond acceptors (Lipinski definition) is 2. The summed E-state index contributed by atoms with van der Waals surface area (Å²) in [6.45, 7) is 11.9. The number of fused-ring (bicyclic) bond motifs is 1. The monoisotopic (exact) mass is 336 g/mol. The Hall–Kier alpha value is -0.830. The number of carboxylic acids is 1. The molecule has 0 bridgehead atoms. The molecule has 2 aliphatic carbocycles. The molecule has 1 N–H and O–H groups in total. The maximum atomic E-state index is 12.0. The van der Waals surface area contributed by atoms with Crippen molar-refractivity contribution in [1.82, 2.24) is 0 Å². The summed E-state index contributed by atoms with van der Waals surface area (Å²) in [6.07, 6.45) is 8.42. The molecule has 0 spiro atoms. The van der Waals surface area contributed by atoms with Gasteiger partial charge in [-0.05, 0) is 68.6 Å². The van der Waals surface area contributed by atoms with Gasteiger partial charge in [-0.2, -0.15) is 0 Å². The molecule has 5 atom stereocenters. The van der Waals surface area contributed by atoms with Crippen LogP contribution in [0.4, 0.5) is 0 Å². The third-order valence-electron chi connectivity index (χ3n) is 7.27. The third-order valence-corrected chi connectivity index (χ3v) is 7.27. The highest BCUT2D eigenvalue weighted by Gasteiger charge is 2.57. The number of methoxy groups -OCH3 is 1. The molecule has 2 rings (SSSR count). The van der Waals surface area contributed by atoms with E-state index in [0.29, 0.717) is 11.8 Å². The van der Waals surface area contributed by atoms with Gasteiger partial charge in [-0.25, -0.2) is 0 Å². The van der Waals surface area contributed by atoms with E-state index in [2.05, 4.69) is 20.4 Å². The van der Waals surface area contributed by atoms with E-state index in [1.807, 2.05) is 6.92 Å². The molecule has 0 saturated heterocycles. The minimum absolute atomic E-state index is 0.0989. The van der Waals surface area contributed by atoms with Gasteiger partial charge >= 0.3 is 5.97 Å². The van der Waals surface area contributed by atoms with E-state index >= 15 is 0 Å². The molecule has 0 aromatic carbocycles. The summed E-state index contributed by atoms with van der Waals surface area (Å²) in [5.74, 6) is 0.801. The summed E-state index contributed by atoms with van der Waals surface area (Å²) >= 11 is 0. The van der Waals surface area contributed by atoms with Crippen molar-refractivity contribution in [2.45, 2.75) is 72.1 Å². The Morgan fingerprint density at radius 2 is 2.08 bits per heavy atom. The van der Waals surface area contributed by atoms with Gasteiger partial charge in [0.15, 0.2) is 0 Å². The summed E-state index contributed by atoms with van der Waals surface area (Å²) in [4.78, 5) is 12.0. The second-order valence-corrected chi connectivity index (χ2v) is 8.85. The third kappa shape index (κ3) is 3.56. The summed E-state index contributed by atoms with van der Waals surface area (Å²) in [7, 11) is 1.76. The van der Waals surface area contributed by atoms with Gasteiger partial charge in [0.25, 0.3) is 0 Å². The Kier molecular flexibility index (Phi) is 6.17. The lowest BCUT2D eigenvalue weighted by Gasteiger charge is -2.57. The fourth-order valence-electron chi connectivity index (χ4n) is 5.65. The first-order valence-corrected chi connectivity index (χ1v) is 9.65. The van der Waals surface area contributed by atoms with Crippen LogP contribution in [0.2, 0.25) is 0 Å². The molecule has 3 heteroatoms. The molecular formula is C21H36O3. The number of ether oxygens (including phenoxy) is 1. The molecule has 0 amide bonds. The van der Waals surface area contributed by atoms with Crippen molar-refractivity contribution in [2.24, 2.45) is 28.6 Å². The quantitative estimate of drug-likeness (QED) is 0.641. The molecule has 0 radical (unpaired) electrons. The number of carboxylic acid groups (broad SMARTS) is 1. The number of rotatable bonds is 7.